The van der Waals surface area contributed by atoms with Crippen LogP contribution in [0.1, 0.15) is 37.5 Å². The molecule has 2 fully saturated rings. The van der Waals surface area contributed by atoms with Gasteiger partial charge in [0.25, 0.3) is 0 Å². The molecule has 1 amide bonds. The maximum Gasteiger partial charge on any atom is 0.234 e. The molecule has 0 spiro atoms. The molecule has 5 heteroatoms. The molecule has 0 unspecified atom stereocenters. The van der Waals surface area contributed by atoms with Crippen LogP contribution in [0, 0.1) is 5.92 Å². The topological polar surface area (TPSA) is 35.6 Å². The largest absolute Gasteiger partial charge is 0.352 e. The Bertz CT molecular complexity index is 482. The summed E-state index contributed by atoms with van der Waals surface area (Å²) < 4.78 is 0. The van der Waals surface area contributed by atoms with Gasteiger partial charge in [-0.25, -0.2) is 0 Å². The normalized spacial score (nSPS) is 27.0. The van der Waals surface area contributed by atoms with Crippen LogP contribution in [-0.4, -0.2) is 54.5 Å². The summed E-state index contributed by atoms with van der Waals surface area (Å²) in [5.41, 5.74) is 0. The highest BCUT2D eigenvalue weighted by atomic mass is 32.1. The molecular formula is C18H29N3OS. The number of piperazine rings is 1. The molecule has 2 aliphatic rings. The molecule has 1 N–H and O–H groups in total. The van der Waals surface area contributed by atoms with Crippen molar-refractivity contribution < 1.29 is 4.79 Å². The molecule has 1 aliphatic heterocycles. The summed E-state index contributed by atoms with van der Waals surface area (Å²) in [5, 5.41) is 5.41. The summed E-state index contributed by atoms with van der Waals surface area (Å²) in [7, 11) is 0. The second-order valence-electron chi connectivity index (χ2n) is 7.07. The maximum absolute atomic E-state index is 12.3. The van der Waals surface area contributed by atoms with Gasteiger partial charge in [-0.1, -0.05) is 25.8 Å². The van der Waals surface area contributed by atoms with Gasteiger partial charge in [-0.05, 0) is 30.2 Å². The Morgan fingerprint density at radius 2 is 1.96 bits per heavy atom. The molecule has 23 heavy (non-hydrogen) atoms. The monoisotopic (exact) mass is 335 g/mol. The SMILES string of the molecule is C[C@@H]1CCCC[C@@H]1NC(=O)CN1CCN(Cc2cccs2)CC1. The van der Waals surface area contributed by atoms with E-state index >= 15 is 0 Å². The van der Waals surface area contributed by atoms with E-state index in [0.717, 1.165) is 39.1 Å². The van der Waals surface area contributed by atoms with Crippen LogP contribution in [0.5, 0.6) is 0 Å². The average molecular weight is 336 g/mol. The summed E-state index contributed by atoms with van der Waals surface area (Å²) in [6.45, 7) is 8.01. The number of hydrogen-bond acceptors (Lipinski definition) is 4. The van der Waals surface area contributed by atoms with Gasteiger partial charge in [0.05, 0.1) is 6.54 Å². The second-order valence-corrected chi connectivity index (χ2v) is 8.10. The first-order valence-electron chi connectivity index (χ1n) is 8.97. The molecule has 1 saturated heterocycles. The van der Waals surface area contributed by atoms with Crippen molar-refractivity contribution in [3.63, 3.8) is 0 Å². The number of thiophene rings is 1. The van der Waals surface area contributed by atoms with Crippen molar-refractivity contribution in [2.75, 3.05) is 32.7 Å². The zero-order valence-corrected chi connectivity index (χ0v) is 15.0. The van der Waals surface area contributed by atoms with Crippen molar-refractivity contribution in [3.05, 3.63) is 22.4 Å². The van der Waals surface area contributed by atoms with Crippen molar-refractivity contribution in [2.24, 2.45) is 5.92 Å². The van der Waals surface area contributed by atoms with E-state index in [0.29, 0.717) is 18.5 Å². The van der Waals surface area contributed by atoms with Gasteiger partial charge in [-0.15, -0.1) is 11.3 Å². The predicted octanol–water partition coefficient (Wildman–Crippen LogP) is 2.56. The van der Waals surface area contributed by atoms with Crippen LogP contribution in [0.15, 0.2) is 17.5 Å². The Morgan fingerprint density at radius 3 is 2.65 bits per heavy atom. The van der Waals surface area contributed by atoms with Crippen LogP contribution in [0.4, 0.5) is 0 Å². The Balaban J connectivity index is 1.37. The van der Waals surface area contributed by atoms with Gasteiger partial charge >= 0.3 is 0 Å². The number of rotatable bonds is 5. The third-order valence-corrected chi connectivity index (χ3v) is 6.11. The first kappa shape index (κ1) is 16.9. The van der Waals surface area contributed by atoms with Gasteiger partial charge in [-0.2, -0.15) is 0 Å². The molecular weight excluding hydrogens is 306 g/mol. The first-order valence-corrected chi connectivity index (χ1v) is 9.85. The fourth-order valence-electron chi connectivity index (χ4n) is 3.71. The average Bonchev–Trinajstić information content (AvgIpc) is 3.04. The van der Waals surface area contributed by atoms with E-state index in [-0.39, 0.29) is 5.91 Å². The zero-order valence-electron chi connectivity index (χ0n) is 14.2. The summed E-state index contributed by atoms with van der Waals surface area (Å²) in [4.78, 5) is 18.5. The number of nitrogens with one attached hydrogen (secondary N) is 1. The van der Waals surface area contributed by atoms with Gasteiger partial charge in [0, 0.05) is 43.6 Å². The molecule has 2 heterocycles. The number of carbonyl (C=O) groups excluding carboxylic acids is 1. The van der Waals surface area contributed by atoms with E-state index in [9.17, 15) is 4.79 Å². The van der Waals surface area contributed by atoms with Crippen LogP contribution < -0.4 is 5.32 Å². The van der Waals surface area contributed by atoms with E-state index in [1.165, 1.54) is 24.1 Å². The molecule has 0 radical (unpaired) electrons. The molecule has 3 rings (SSSR count). The summed E-state index contributed by atoms with van der Waals surface area (Å²) in [6.07, 6.45) is 4.99. The van der Waals surface area contributed by atoms with Gasteiger partial charge in [0.15, 0.2) is 0 Å². The smallest absolute Gasteiger partial charge is 0.234 e. The molecule has 1 aliphatic carbocycles. The summed E-state index contributed by atoms with van der Waals surface area (Å²) >= 11 is 1.83. The van der Waals surface area contributed by atoms with Crippen LogP contribution in [0.25, 0.3) is 0 Å². The fraction of sp³-hybridized carbons (Fsp3) is 0.722. The Hall–Kier alpha value is -0.910. The van der Waals surface area contributed by atoms with E-state index < -0.39 is 0 Å². The molecule has 1 aromatic rings. The second kappa shape index (κ2) is 8.27. The van der Waals surface area contributed by atoms with Crippen molar-refractivity contribution in [2.45, 2.75) is 45.2 Å². The van der Waals surface area contributed by atoms with Crippen LogP contribution in [0.3, 0.4) is 0 Å². The lowest BCUT2D eigenvalue weighted by Crippen LogP contribution is -2.51. The molecule has 4 nitrogen and oxygen atoms in total. The minimum atomic E-state index is 0.218. The van der Waals surface area contributed by atoms with Crippen LogP contribution in [-0.2, 0) is 11.3 Å². The van der Waals surface area contributed by atoms with E-state index in [1.54, 1.807) is 0 Å². The van der Waals surface area contributed by atoms with Crippen molar-refractivity contribution in [1.82, 2.24) is 15.1 Å². The Labute approximate surface area is 143 Å². The van der Waals surface area contributed by atoms with E-state index in [2.05, 4.69) is 39.6 Å². The number of nitrogens with zero attached hydrogens (tertiary/aromatic N) is 2. The lowest BCUT2D eigenvalue weighted by Gasteiger charge is -2.35. The quantitative estimate of drug-likeness (QED) is 0.898. The van der Waals surface area contributed by atoms with Crippen molar-refractivity contribution >= 4 is 17.2 Å². The van der Waals surface area contributed by atoms with Crippen LogP contribution >= 0.6 is 11.3 Å². The highest BCUT2D eigenvalue weighted by Gasteiger charge is 2.24. The minimum absolute atomic E-state index is 0.218. The lowest BCUT2D eigenvalue weighted by atomic mass is 9.86. The van der Waals surface area contributed by atoms with Crippen molar-refractivity contribution in [3.8, 4) is 0 Å². The number of amides is 1. The zero-order chi connectivity index (χ0) is 16.1. The lowest BCUT2D eigenvalue weighted by molar-refractivity contribution is -0.124. The first-order chi connectivity index (χ1) is 11.2. The van der Waals surface area contributed by atoms with Gasteiger partial charge < -0.3 is 5.32 Å². The van der Waals surface area contributed by atoms with E-state index in [1.807, 2.05) is 11.3 Å². The minimum Gasteiger partial charge on any atom is -0.352 e. The molecule has 0 bridgehead atoms. The molecule has 1 saturated carbocycles. The molecule has 1 aromatic heterocycles. The summed E-state index contributed by atoms with van der Waals surface area (Å²) in [6, 6.07) is 4.72. The van der Waals surface area contributed by atoms with Gasteiger partial charge in [0.2, 0.25) is 5.91 Å². The molecule has 128 valence electrons. The Morgan fingerprint density at radius 1 is 1.22 bits per heavy atom. The fourth-order valence-corrected chi connectivity index (χ4v) is 4.46. The third-order valence-electron chi connectivity index (χ3n) is 5.25. The molecule has 0 aromatic carbocycles. The maximum atomic E-state index is 12.3. The highest BCUT2D eigenvalue weighted by Crippen LogP contribution is 2.23. The number of hydrogen-bond donors (Lipinski definition) is 1. The van der Waals surface area contributed by atoms with Crippen molar-refractivity contribution in [1.29, 1.82) is 0 Å². The highest BCUT2D eigenvalue weighted by molar-refractivity contribution is 7.09. The molecule has 2 atom stereocenters. The van der Waals surface area contributed by atoms with Gasteiger partial charge in [0.1, 0.15) is 0 Å². The standard InChI is InChI=1S/C18H29N3OS/c1-15-5-2-3-7-17(15)19-18(22)14-21-10-8-20(9-11-21)13-16-6-4-12-23-16/h4,6,12,15,17H,2-3,5,7-11,13-14H2,1H3,(H,19,22)/t15-,17+/m1/s1. The summed E-state index contributed by atoms with van der Waals surface area (Å²) in [5.74, 6) is 0.853. The Kier molecular flexibility index (Phi) is 6.08. The predicted molar refractivity (Wildman–Crippen MR) is 95.6 cm³/mol. The third kappa shape index (κ3) is 5.03. The van der Waals surface area contributed by atoms with E-state index in [4.69, 9.17) is 0 Å². The van der Waals surface area contributed by atoms with Gasteiger partial charge in [-0.3, -0.25) is 14.6 Å². The number of carbonyl (C=O) groups is 1. The van der Waals surface area contributed by atoms with Crippen LogP contribution in [0.2, 0.25) is 0 Å².